The minimum atomic E-state index is -1.77. The molecule has 3 aromatic carbocycles. The van der Waals surface area contributed by atoms with Gasteiger partial charge in [-0.05, 0) is 29.0 Å². The van der Waals surface area contributed by atoms with Crippen LogP contribution in [0.25, 0.3) is 10.8 Å². The molecular formula is C18H11BN2O6. The van der Waals surface area contributed by atoms with Crippen LogP contribution in [0.5, 0.6) is 0 Å². The van der Waals surface area contributed by atoms with Crippen molar-refractivity contribution < 1.29 is 24.6 Å². The zero-order valence-corrected chi connectivity index (χ0v) is 13.7. The first kappa shape index (κ1) is 16.9. The van der Waals surface area contributed by atoms with Crippen LogP contribution in [-0.4, -0.2) is 33.9 Å². The van der Waals surface area contributed by atoms with Crippen LogP contribution in [0.1, 0.15) is 20.7 Å². The Hall–Kier alpha value is -3.56. The Morgan fingerprint density at radius 2 is 1.63 bits per heavy atom. The summed E-state index contributed by atoms with van der Waals surface area (Å²) in [4.78, 5) is 37.5. The van der Waals surface area contributed by atoms with Gasteiger partial charge in [-0.2, -0.15) is 0 Å². The zero-order valence-electron chi connectivity index (χ0n) is 13.7. The van der Waals surface area contributed by atoms with Crippen molar-refractivity contribution in [3.8, 4) is 0 Å². The van der Waals surface area contributed by atoms with Crippen molar-refractivity contribution in [3.63, 3.8) is 0 Å². The van der Waals surface area contributed by atoms with Gasteiger partial charge in [0.1, 0.15) is 0 Å². The molecule has 0 saturated carbocycles. The van der Waals surface area contributed by atoms with Crippen LogP contribution in [0.4, 0.5) is 11.4 Å². The molecule has 0 radical (unpaired) electrons. The molecule has 2 N–H and O–H groups in total. The van der Waals surface area contributed by atoms with Crippen LogP contribution < -0.4 is 10.4 Å². The fourth-order valence-electron chi connectivity index (χ4n) is 3.26. The molecule has 0 spiro atoms. The first-order valence-electron chi connectivity index (χ1n) is 7.94. The van der Waals surface area contributed by atoms with E-state index in [0.29, 0.717) is 10.8 Å². The summed E-state index contributed by atoms with van der Waals surface area (Å²) in [6, 6.07) is 12.9. The molecule has 132 valence electrons. The molecule has 4 rings (SSSR count). The van der Waals surface area contributed by atoms with Crippen LogP contribution in [0.3, 0.4) is 0 Å². The Morgan fingerprint density at radius 1 is 0.926 bits per heavy atom. The largest absolute Gasteiger partial charge is 0.488 e. The number of nitro groups is 1. The summed E-state index contributed by atoms with van der Waals surface area (Å²) in [5.41, 5.74) is 0.286. The first-order valence-corrected chi connectivity index (χ1v) is 7.94. The first-order chi connectivity index (χ1) is 12.9. The normalized spacial score (nSPS) is 13.2. The van der Waals surface area contributed by atoms with E-state index in [1.807, 2.05) is 0 Å². The molecular weight excluding hydrogens is 351 g/mol. The van der Waals surface area contributed by atoms with Gasteiger partial charge >= 0.3 is 7.12 Å². The van der Waals surface area contributed by atoms with E-state index in [1.165, 1.54) is 30.3 Å². The summed E-state index contributed by atoms with van der Waals surface area (Å²) >= 11 is 0. The number of nitro benzene ring substituents is 1. The predicted octanol–water partition coefficient (Wildman–Crippen LogP) is 1.23. The Labute approximate surface area is 152 Å². The average Bonchev–Trinajstić information content (AvgIpc) is 2.65. The van der Waals surface area contributed by atoms with E-state index in [-0.39, 0.29) is 28.0 Å². The standard InChI is InChI=1S/C18H11BN2O6/c22-17-14-6-1-3-10-7-13(21(26)27)9-15(16(10)14)18(23)20(17)12-5-2-4-11(8-12)19(24)25/h1-9,24-25H. The highest BCUT2D eigenvalue weighted by Gasteiger charge is 2.35. The minimum Gasteiger partial charge on any atom is -0.423 e. The maximum Gasteiger partial charge on any atom is 0.488 e. The van der Waals surface area contributed by atoms with E-state index >= 15 is 0 Å². The third-order valence-corrected chi connectivity index (χ3v) is 4.47. The van der Waals surface area contributed by atoms with Gasteiger partial charge in [0.2, 0.25) is 0 Å². The Bertz CT molecular complexity index is 1140. The number of rotatable bonds is 3. The third kappa shape index (κ3) is 2.57. The maximum atomic E-state index is 13.0. The van der Waals surface area contributed by atoms with Crippen molar-refractivity contribution in [2.75, 3.05) is 4.90 Å². The highest BCUT2D eigenvalue weighted by Crippen LogP contribution is 2.35. The van der Waals surface area contributed by atoms with Gasteiger partial charge in [-0.1, -0.05) is 24.3 Å². The molecule has 3 aromatic rings. The number of non-ortho nitro benzene ring substituents is 1. The number of benzene rings is 3. The van der Waals surface area contributed by atoms with Crippen molar-refractivity contribution in [2.24, 2.45) is 0 Å². The molecule has 1 aliphatic rings. The van der Waals surface area contributed by atoms with E-state index in [9.17, 15) is 29.8 Å². The summed E-state index contributed by atoms with van der Waals surface area (Å²) in [5, 5.41) is 30.7. The van der Waals surface area contributed by atoms with Gasteiger partial charge in [-0.25, -0.2) is 4.90 Å². The number of anilines is 1. The van der Waals surface area contributed by atoms with Crippen LogP contribution >= 0.6 is 0 Å². The van der Waals surface area contributed by atoms with Crippen molar-refractivity contribution in [1.82, 2.24) is 0 Å². The smallest absolute Gasteiger partial charge is 0.423 e. The van der Waals surface area contributed by atoms with Crippen LogP contribution in [0.15, 0.2) is 54.6 Å². The fraction of sp³-hybridized carbons (Fsp3) is 0. The molecule has 0 atom stereocenters. The summed E-state index contributed by atoms with van der Waals surface area (Å²) in [6.07, 6.45) is 0. The second kappa shape index (κ2) is 6.01. The predicted molar refractivity (Wildman–Crippen MR) is 98.0 cm³/mol. The Morgan fingerprint density at radius 3 is 2.33 bits per heavy atom. The van der Waals surface area contributed by atoms with E-state index in [2.05, 4.69) is 0 Å². The van der Waals surface area contributed by atoms with Crippen molar-refractivity contribution in [1.29, 1.82) is 0 Å². The number of carbonyl (C=O) groups excluding carboxylic acids is 2. The molecule has 0 unspecified atom stereocenters. The zero-order chi connectivity index (χ0) is 19.3. The van der Waals surface area contributed by atoms with Gasteiger partial charge in [0.05, 0.1) is 16.2 Å². The number of nitrogens with zero attached hydrogens (tertiary/aromatic N) is 2. The fourth-order valence-corrected chi connectivity index (χ4v) is 3.26. The number of carbonyl (C=O) groups is 2. The lowest BCUT2D eigenvalue weighted by atomic mass is 9.80. The lowest BCUT2D eigenvalue weighted by Gasteiger charge is -2.27. The monoisotopic (exact) mass is 362 g/mol. The molecule has 2 amide bonds. The van der Waals surface area contributed by atoms with E-state index in [0.717, 1.165) is 11.0 Å². The molecule has 1 aliphatic heterocycles. The summed E-state index contributed by atoms with van der Waals surface area (Å²) in [6.45, 7) is 0. The number of hydrogen-bond donors (Lipinski definition) is 2. The Balaban J connectivity index is 1.96. The van der Waals surface area contributed by atoms with E-state index < -0.39 is 23.9 Å². The van der Waals surface area contributed by atoms with Gasteiger partial charge in [-0.3, -0.25) is 19.7 Å². The van der Waals surface area contributed by atoms with Gasteiger partial charge in [0, 0.05) is 23.1 Å². The lowest BCUT2D eigenvalue weighted by molar-refractivity contribution is -0.384. The molecule has 0 fully saturated rings. The van der Waals surface area contributed by atoms with Crippen LogP contribution in [0.2, 0.25) is 0 Å². The molecule has 0 bridgehead atoms. The molecule has 0 saturated heterocycles. The molecule has 1 heterocycles. The van der Waals surface area contributed by atoms with Crippen molar-refractivity contribution in [2.45, 2.75) is 0 Å². The number of amides is 2. The quantitative estimate of drug-likeness (QED) is 0.313. The SMILES string of the molecule is O=C1c2cccc3cc([N+](=O)[O-])cc(c23)C(=O)N1c1cccc(B(O)O)c1. The topological polar surface area (TPSA) is 121 Å². The van der Waals surface area contributed by atoms with Gasteiger partial charge in [0.15, 0.2) is 0 Å². The molecule has 8 nitrogen and oxygen atoms in total. The maximum absolute atomic E-state index is 13.0. The second-order valence-electron chi connectivity index (χ2n) is 6.07. The van der Waals surface area contributed by atoms with Crippen molar-refractivity contribution in [3.05, 3.63) is 75.8 Å². The molecule has 0 aromatic heterocycles. The molecule has 0 aliphatic carbocycles. The minimum absolute atomic E-state index is 0.0457. The summed E-state index contributed by atoms with van der Waals surface area (Å²) in [5.74, 6) is -1.30. The molecule has 9 heteroatoms. The van der Waals surface area contributed by atoms with E-state index in [4.69, 9.17) is 0 Å². The highest BCUT2D eigenvalue weighted by molar-refractivity contribution is 6.58. The summed E-state index contributed by atoms with van der Waals surface area (Å²) in [7, 11) is -1.77. The number of hydrogen-bond acceptors (Lipinski definition) is 6. The van der Waals surface area contributed by atoms with Crippen molar-refractivity contribution >= 4 is 46.5 Å². The lowest BCUT2D eigenvalue weighted by Crippen LogP contribution is -2.41. The molecule has 27 heavy (non-hydrogen) atoms. The van der Waals surface area contributed by atoms with Crippen LogP contribution in [-0.2, 0) is 0 Å². The van der Waals surface area contributed by atoms with Gasteiger partial charge < -0.3 is 10.0 Å². The van der Waals surface area contributed by atoms with Gasteiger partial charge in [-0.15, -0.1) is 0 Å². The third-order valence-electron chi connectivity index (χ3n) is 4.47. The summed E-state index contributed by atoms with van der Waals surface area (Å²) < 4.78 is 0. The van der Waals surface area contributed by atoms with Crippen LogP contribution in [0, 0.1) is 10.1 Å². The number of imide groups is 1. The highest BCUT2D eigenvalue weighted by atomic mass is 16.6. The van der Waals surface area contributed by atoms with E-state index in [1.54, 1.807) is 18.2 Å². The Kier molecular flexibility index (Phi) is 3.76. The van der Waals surface area contributed by atoms with Gasteiger partial charge in [0.25, 0.3) is 17.5 Å². The average molecular weight is 362 g/mol. The second-order valence-corrected chi connectivity index (χ2v) is 6.07.